The van der Waals surface area contributed by atoms with Crippen molar-refractivity contribution in [3.63, 3.8) is 0 Å². The van der Waals surface area contributed by atoms with Crippen LogP contribution in [0.5, 0.6) is 0 Å². The fourth-order valence-electron chi connectivity index (χ4n) is 1.17. The molecule has 0 bridgehead atoms. The highest BCUT2D eigenvalue weighted by Gasteiger charge is 2.20. The number of hydrogen-bond acceptors (Lipinski definition) is 3. The standard InChI is InChI=1S/C12H14FNO3/c1-12(2,3)17-11(16)9-6-8(14-7-15)4-5-10(9)13/h4-7H,1-3H3,(H,14,15). The van der Waals surface area contributed by atoms with Gasteiger partial charge in [-0.1, -0.05) is 0 Å². The third-order valence-electron chi connectivity index (χ3n) is 1.81. The lowest BCUT2D eigenvalue weighted by molar-refractivity contribution is -0.105. The van der Waals surface area contributed by atoms with Gasteiger partial charge in [0.15, 0.2) is 0 Å². The molecule has 1 amide bonds. The Labute approximate surface area is 98.8 Å². The van der Waals surface area contributed by atoms with Crippen LogP contribution >= 0.6 is 0 Å². The Balaban J connectivity index is 2.99. The Kier molecular flexibility index (Phi) is 3.83. The summed E-state index contributed by atoms with van der Waals surface area (Å²) in [6.07, 6.45) is 0.451. The number of esters is 1. The van der Waals surface area contributed by atoms with Gasteiger partial charge >= 0.3 is 5.97 Å². The molecule has 0 saturated heterocycles. The third-order valence-corrected chi connectivity index (χ3v) is 1.81. The fraction of sp³-hybridized carbons (Fsp3) is 0.333. The predicted octanol–water partition coefficient (Wildman–Crippen LogP) is 2.35. The summed E-state index contributed by atoms with van der Waals surface area (Å²) in [6, 6.07) is 3.69. The zero-order valence-electron chi connectivity index (χ0n) is 9.91. The lowest BCUT2D eigenvalue weighted by Gasteiger charge is -2.19. The Morgan fingerprint density at radius 2 is 2.06 bits per heavy atom. The molecule has 0 aliphatic carbocycles. The predicted molar refractivity (Wildman–Crippen MR) is 61.3 cm³/mol. The van der Waals surface area contributed by atoms with Crippen LogP contribution in [0.25, 0.3) is 0 Å². The summed E-state index contributed by atoms with van der Waals surface area (Å²) in [6.45, 7) is 5.07. The van der Waals surface area contributed by atoms with Gasteiger partial charge in [-0.2, -0.15) is 0 Å². The number of anilines is 1. The van der Waals surface area contributed by atoms with Crippen LogP contribution in [0.1, 0.15) is 31.1 Å². The van der Waals surface area contributed by atoms with Crippen molar-refractivity contribution >= 4 is 18.1 Å². The van der Waals surface area contributed by atoms with E-state index in [0.29, 0.717) is 12.1 Å². The zero-order valence-corrected chi connectivity index (χ0v) is 9.91. The van der Waals surface area contributed by atoms with E-state index in [1.807, 2.05) is 0 Å². The summed E-state index contributed by atoms with van der Waals surface area (Å²) >= 11 is 0. The van der Waals surface area contributed by atoms with Crippen LogP contribution in [0.2, 0.25) is 0 Å². The van der Waals surface area contributed by atoms with Gasteiger partial charge in [0, 0.05) is 5.69 Å². The van der Waals surface area contributed by atoms with E-state index in [4.69, 9.17) is 4.74 Å². The van der Waals surface area contributed by atoms with Crippen LogP contribution in [0.15, 0.2) is 18.2 Å². The summed E-state index contributed by atoms with van der Waals surface area (Å²) < 4.78 is 18.5. The minimum atomic E-state index is -0.760. The monoisotopic (exact) mass is 239 g/mol. The number of carbonyl (C=O) groups excluding carboxylic acids is 2. The fourth-order valence-corrected chi connectivity index (χ4v) is 1.17. The van der Waals surface area contributed by atoms with Gasteiger partial charge in [-0.05, 0) is 39.0 Å². The van der Waals surface area contributed by atoms with Crippen LogP contribution < -0.4 is 5.32 Å². The number of nitrogens with one attached hydrogen (secondary N) is 1. The molecule has 92 valence electrons. The van der Waals surface area contributed by atoms with E-state index in [2.05, 4.69) is 5.32 Å². The zero-order chi connectivity index (χ0) is 13.1. The molecular formula is C12H14FNO3. The van der Waals surface area contributed by atoms with Crippen LogP contribution in [-0.2, 0) is 9.53 Å². The molecule has 17 heavy (non-hydrogen) atoms. The first kappa shape index (κ1) is 13.2. The maximum Gasteiger partial charge on any atom is 0.341 e. The summed E-state index contributed by atoms with van der Waals surface area (Å²) in [5.74, 6) is -1.44. The molecule has 1 aromatic rings. The second kappa shape index (κ2) is 4.95. The Hall–Kier alpha value is -1.91. The van der Waals surface area contributed by atoms with Gasteiger partial charge in [-0.3, -0.25) is 4.79 Å². The van der Waals surface area contributed by atoms with Gasteiger partial charge in [0.05, 0.1) is 5.56 Å². The highest BCUT2D eigenvalue weighted by molar-refractivity contribution is 5.91. The van der Waals surface area contributed by atoms with Crippen molar-refractivity contribution in [2.24, 2.45) is 0 Å². The number of hydrogen-bond donors (Lipinski definition) is 1. The largest absolute Gasteiger partial charge is 0.456 e. The van der Waals surface area contributed by atoms with Crippen molar-refractivity contribution < 1.29 is 18.7 Å². The Bertz CT molecular complexity index is 438. The van der Waals surface area contributed by atoms with Crippen LogP contribution in [0.4, 0.5) is 10.1 Å². The topological polar surface area (TPSA) is 55.4 Å². The molecular weight excluding hydrogens is 225 g/mol. The van der Waals surface area contributed by atoms with Gasteiger partial charge in [-0.15, -0.1) is 0 Å². The first-order chi connectivity index (χ1) is 7.83. The summed E-state index contributed by atoms with van der Waals surface area (Å²) in [5, 5.41) is 2.34. The molecule has 0 aliphatic rings. The Morgan fingerprint density at radius 1 is 1.41 bits per heavy atom. The highest BCUT2D eigenvalue weighted by atomic mass is 19.1. The Morgan fingerprint density at radius 3 is 2.59 bits per heavy atom. The molecule has 0 unspecified atom stereocenters. The number of ether oxygens (including phenoxy) is 1. The lowest BCUT2D eigenvalue weighted by Crippen LogP contribution is -2.24. The van der Waals surface area contributed by atoms with Crippen molar-refractivity contribution in [2.75, 3.05) is 5.32 Å². The average Bonchev–Trinajstić information content (AvgIpc) is 2.18. The molecule has 1 rings (SSSR count). The normalized spacial score (nSPS) is 10.8. The summed E-state index contributed by atoms with van der Waals surface area (Å²) in [4.78, 5) is 21.9. The number of rotatable bonds is 3. The molecule has 1 N–H and O–H groups in total. The molecule has 0 spiro atoms. The quantitative estimate of drug-likeness (QED) is 0.650. The molecule has 0 radical (unpaired) electrons. The van der Waals surface area contributed by atoms with E-state index in [9.17, 15) is 14.0 Å². The van der Waals surface area contributed by atoms with Crippen LogP contribution in [0, 0.1) is 5.82 Å². The molecule has 1 aromatic carbocycles. The van der Waals surface area contributed by atoms with Crippen molar-refractivity contribution in [2.45, 2.75) is 26.4 Å². The van der Waals surface area contributed by atoms with Gasteiger partial charge in [-0.25, -0.2) is 9.18 Å². The molecule has 0 heterocycles. The number of amides is 1. The van der Waals surface area contributed by atoms with Gasteiger partial charge < -0.3 is 10.1 Å². The summed E-state index contributed by atoms with van der Waals surface area (Å²) in [7, 11) is 0. The summed E-state index contributed by atoms with van der Waals surface area (Å²) in [5.41, 5.74) is -0.563. The van der Waals surface area contributed by atoms with Gasteiger partial charge in [0.1, 0.15) is 11.4 Å². The molecule has 0 saturated carbocycles. The van der Waals surface area contributed by atoms with Crippen molar-refractivity contribution in [3.05, 3.63) is 29.6 Å². The first-order valence-electron chi connectivity index (χ1n) is 5.06. The van der Waals surface area contributed by atoms with E-state index >= 15 is 0 Å². The minimum absolute atomic E-state index is 0.202. The lowest BCUT2D eigenvalue weighted by atomic mass is 10.1. The molecule has 0 fully saturated rings. The second-order valence-corrected chi connectivity index (χ2v) is 4.46. The maximum absolute atomic E-state index is 13.4. The second-order valence-electron chi connectivity index (χ2n) is 4.46. The third kappa shape index (κ3) is 3.86. The van der Waals surface area contributed by atoms with E-state index in [0.717, 1.165) is 6.07 Å². The van der Waals surface area contributed by atoms with Crippen LogP contribution in [-0.4, -0.2) is 18.0 Å². The van der Waals surface area contributed by atoms with Gasteiger partial charge in [0.25, 0.3) is 0 Å². The smallest absolute Gasteiger partial charge is 0.341 e. The van der Waals surface area contributed by atoms with Crippen molar-refractivity contribution in [1.82, 2.24) is 0 Å². The van der Waals surface area contributed by atoms with Gasteiger partial charge in [0.2, 0.25) is 6.41 Å². The van der Waals surface area contributed by atoms with Crippen LogP contribution in [0.3, 0.4) is 0 Å². The van der Waals surface area contributed by atoms with E-state index in [1.54, 1.807) is 20.8 Å². The van der Waals surface area contributed by atoms with Crippen molar-refractivity contribution in [3.8, 4) is 0 Å². The van der Waals surface area contributed by atoms with E-state index < -0.39 is 17.4 Å². The highest BCUT2D eigenvalue weighted by Crippen LogP contribution is 2.18. The molecule has 0 aromatic heterocycles. The first-order valence-corrected chi connectivity index (χ1v) is 5.06. The molecule has 4 nitrogen and oxygen atoms in total. The number of benzene rings is 1. The van der Waals surface area contributed by atoms with E-state index in [-0.39, 0.29) is 5.56 Å². The molecule has 5 heteroatoms. The number of carbonyl (C=O) groups is 2. The minimum Gasteiger partial charge on any atom is -0.456 e. The number of halogens is 1. The maximum atomic E-state index is 13.4. The SMILES string of the molecule is CC(C)(C)OC(=O)c1cc(NC=O)ccc1F. The average molecular weight is 239 g/mol. The molecule has 0 atom stereocenters. The van der Waals surface area contributed by atoms with E-state index in [1.165, 1.54) is 12.1 Å². The molecule has 0 aliphatic heterocycles. The van der Waals surface area contributed by atoms with Crippen molar-refractivity contribution in [1.29, 1.82) is 0 Å².